The third-order valence-corrected chi connectivity index (χ3v) is 5.30. The van der Waals surface area contributed by atoms with E-state index in [2.05, 4.69) is 18.8 Å². The van der Waals surface area contributed by atoms with Gasteiger partial charge >= 0.3 is 0 Å². The molecule has 0 unspecified atom stereocenters. The van der Waals surface area contributed by atoms with Crippen molar-refractivity contribution in [2.45, 2.75) is 25.0 Å². The zero-order chi connectivity index (χ0) is 14.2. The molecule has 4 heteroatoms. The predicted octanol–water partition coefficient (Wildman–Crippen LogP) is 3.53. The maximum absolute atomic E-state index is 12.6. The van der Waals surface area contributed by atoms with E-state index >= 15 is 0 Å². The van der Waals surface area contributed by atoms with Crippen LogP contribution in [-0.2, 0) is 0 Å². The molecule has 1 saturated heterocycles. The zero-order valence-corrected chi connectivity index (χ0v) is 12.8. The molecule has 0 saturated carbocycles. The van der Waals surface area contributed by atoms with E-state index in [-0.39, 0.29) is 10.7 Å². The SMILES string of the molecule is CC1(C)CCN(C(=O)c2ccc3cc[nH]c3c2)CCS1. The number of H-pyrrole nitrogens is 1. The lowest BCUT2D eigenvalue weighted by atomic mass is 10.1. The second kappa shape index (κ2) is 5.17. The summed E-state index contributed by atoms with van der Waals surface area (Å²) in [6.45, 7) is 6.21. The summed E-state index contributed by atoms with van der Waals surface area (Å²) < 4.78 is 0.276. The highest BCUT2D eigenvalue weighted by atomic mass is 32.2. The van der Waals surface area contributed by atoms with Gasteiger partial charge in [0.15, 0.2) is 0 Å². The monoisotopic (exact) mass is 288 g/mol. The van der Waals surface area contributed by atoms with Crippen LogP contribution in [0.3, 0.4) is 0 Å². The van der Waals surface area contributed by atoms with Crippen LogP contribution in [0.5, 0.6) is 0 Å². The van der Waals surface area contributed by atoms with Gasteiger partial charge in [-0.2, -0.15) is 11.8 Å². The molecule has 1 fully saturated rings. The van der Waals surface area contributed by atoms with Gasteiger partial charge in [0, 0.05) is 40.9 Å². The van der Waals surface area contributed by atoms with Crippen LogP contribution in [0.15, 0.2) is 30.5 Å². The van der Waals surface area contributed by atoms with Gasteiger partial charge < -0.3 is 9.88 Å². The molecule has 1 aliphatic heterocycles. The van der Waals surface area contributed by atoms with Crippen LogP contribution in [0.25, 0.3) is 10.9 Å². The number of aromatic amines is 1. The summed E-state index contributed by atoms with van der Waals surface area (Å²) in [6, 6.07) is 7.92. The Bertz CT molecular complexity index is 632. The van der Waals surface area contributed by atoms with Crippen molar-refractivity contribution >= 4 is 28.6 Å². The quantitative estimate of drug-likeness (QED) is 0.871. The van der Waals surface area contributed by atoms with Crippen LogP contribution in [-0.4, -0.2) is 39.4 Å². The lowest BCUT2D eigenvalue weighted by Crippen LogP contribution is -2.33. The number of carbonyl (C=O) groups excluding carboxylic acids is 1. The van der Waals surface area contributed by atoms with E-state index in [0.717, 1.165) is 41.7 Å². The number of fused-ring (bicyclic) bond motifs is 1. The smallest absolute Gasteiger partial charge is 0.253 e. The number of amides is 1. The van der Waals surface area contributed by atoms with Crippen molar-refractivity contribution in [3.63, 3.8) is 0 Å². The number of thioether (sulfide) groups is 1. The van der Waals surface area contributed by atoms with Crippen molar-refractivity contribution in [1.29, 1.82) is 0 Å². The van der Waals surface area contributed by atoms with Gasteiger partial charge in [-0.25, -0.2) is 0 Å². The molecule has 1 amide bonds. The predicted molar refractivity (Wildman–Crippen MR) is 85.4 cm³/mol. The summed E-state index contributed by atoms with van der Waals surface area (Å²) in [5.41, 5.74) is 1.81. The molecule has 20 heavy (non-hydrogen) atoms. The molecule has 2 aromatic rings. The Morgan fingerprint density at radius 2 is 2.15 bits per heavy atom. The van der Waals surface area contributed by atoms with Crippen molar-refractivity contribution in [3.05, 3.63) is 36.0 Å². The standard InChI is InChI=1S/C16H20N2OS/c1-16(2)6-8-18(9-10-20-16)15(19)13-4-3-12-5-7-17-14(12)11-13/h3-5,7,11,17H,6,8-10H2,1-2H3. The summed E-state index contributed by atoms with van der Waals surface area (Å²) in [4.78, 5) is 17.8. The first-order valence-corrected chi connectivity index (χ1v) is 8.04. The molecule has 0 bridgehead atoms. The van der Waals surface area contributed by atoms with E-state index < -0.39 is 0 Å². The minimum absolute atomic E-state index is 0.153. The first kappa shape index (κ1) is 13.6. The number of aromatic nitrogens is 1. The number of benzene rings is 1. The van der Waals surface area contributed by atoms with Crippen molar-refractivity contribution in [1.82, 2.24) is 9.88 Å². The third kappa shape index (κ3) is 2.70. The number of nitrogens with one attached hydrogen (secondary N) is 1. The van der Waals surface area contributed by atoms with Crippen LogP contribution in [0.2, 0.25) is 0 Å². The van der Waals surface area contributed by atoms with Crippen LogP contribution in [0.4, 0.5) is 0 Å². The highest BCUT2D eigenvalue weighted by Gasteiger charge is 2.26. The summed E-state index contributed by atoms with van der Waals surface area (Å²) in [7, 11) is 0. The van der Waals surface area contributed by atoms with Gasteiger partial charge in [-0.15, -0.1) is 0 Å². The number of hydrogen-bond acceptors (Lipinski definition) is 2. The number of nitrogens with zero attached hydrogens (tertiary/aromatic N) is 1. The van der Waals surface area contributed by atoms with Gasteiger partial charge in [0.1, 0.15) is 0 Å². The van der Waals surface area contributed by atoms with Crippen LogP contribution in [0, 0.1) is 0 Å². The van der Waals surface area contributed by atoms with Crippen molar-refractivity contribution in [3.8, 4) is 0 Å². The molecule has 3 nitrogen and oxygen atoms in total. The van der Waals surface area contributed by atoms with E-state index in [1.54, 1.807) is 0 Å². The van der Waals surface area contributed by atoms with Gasteiger partial charge in [-0.3, -0.25) is 4.79 Å². The Kier molecular flexibility index (Phi) is 3.50. The molecule has 0 spiro atoms. The summed E-state index contributed by atoms with van der Waals surface area (Å²) in [5.74, 6) is 1.17. The van der Waals surface area contributed by atoms with E-state index in [1.165, 1.54) is 0 Å². The van der Waals surface area contributed by atoms with Crippen molar-refractivity contribution < 1.29 is 4.79 Å². The van der Waals surface area contributed by atoms with Crippen molar-refractivity contribution in [2.24, 2.45) is 0 Å². The topological polar surface area (TPSA) is 36.1 Å². The van der Waals surface area contributed by atoms with Crippen LogP contribution < -0.4 is 0 Å². The third-order valence-electron chi connectivity index (χ3n) is 3.93. The number of carbonyl (C=O) groups is 1. The Hall–Kier alpha value is -1.42. The van der Waals surface area contributed by atoms with E-state index in [9.17, 15) is 4.79 Å². The number of hydrogen-bond donors (Lipinski definition) is 1. The molecule has 0 aliphatic carbocycles. The molecular weight excluding hydrogens is 268 g/mol. The molecule has 1 aromatic carbocycles. The van der Waals surface area contributed by atoms with Gasteiger partial charge in [0.05, 0.1) is 0 Å². The second-order valence-corrected chi connectivity index (χ2v) is 7.73. The molecular formula is C16H20N2OS. The zero-order valence-electron chi connectivity index (χ0n) is 12.0. The number of rotatable bonds is 1. The Morgan fingerprint density at radius 1 is 1.30 bits per heavy atom. The molecule has 106 valence electrons. The first-order valence-electron chi connectivity index (χ1n) is 7.06. The van der Waals surface area contributed by atoms with Crippen LogP contribution >= 0.6 is 11.8 Å². The molecule has 1 aromatic heterocycles. The van der Waals surface area contributed by atoms with Gasteiger partial charge in [0.25, 0.3) is 5.91 Å². The lowest BCUT2D eigenvalue weighted by molar-refractivity contribution is 0.0764. The Balaban J connectivity index is 1.80. The normalized spacial score (nSPS) is 19.0. The molecule has 0 radical (unpaired) electrons. The fourth-order valence-electron chi connectivity index (χ4n) is 2.59. The van der Waals surface area contributed by atoms with Gasteiger partial charge in [0.2, 0.25) is 0 Å². The fourth-order valence-corrected chi connectivity index (χ4v) is 3.69. The summed E-state index contributed by atoms with van der Waals surface area (Å²) in [6.07, 6.45) is 2.96. The largest absolute Gasteiger partial charge is 0.361 e. The van der Waals surface area contributed by atoms with Gasteiger partial charge in [-0.1, -0.05) is 19.9 Å². The van der Waals surface area contributed by atoms with E-state index in [1.807, 2.05) is 47.1 Å². The van der Waals surface area contributed by atoms with E-state index in [0.29, 0.717) is 0 Å². The second-order valence-electron chi connectivity index (χ2n) is 5.93. The molecule has 3 rings (SSSR count). The summed E-state index contributed by atoms with van der Waals surface area (Å²) in [5, 5.41) is 1.15. The lowest BCUT2D eigenvalue weighted by Gasteiger charge is -2.22. The Morgan fingerprint density at radius 3 is 3.00 bits per heavy atom. The average molecular weight is 288 g/mol. The molecule has 1 N–H and O–H groups in total. The maximum Gasteiger partial charge on any atom is 0.253 e. The minimum Gasteiger partial charge on any atom is -0.361 e. The highest BCUT2D eigenvalue weighted by molar-refractivity contribution is 8.00. The maximum atomic E-state index is 12.6. The van der Waals surface area contributed by atoms with Gasteiger partial charge in [-0.05, 0) is 30.0 Å². The van der Waals surface area contributed by atoms with Crippen LogP contribution in [0.1, 0.15) is 30.6 Å². The average Bonchev–Trinajstić information content (AvgIpc) is 2.81. The minimum atomic E-state index is 0.153. The highest BCUT2D eigenvalue weighted by Crippen LogP contribution is 2.31. The molecule has 1 aliphatic rings. The first-order chi connectivity index (χ1) is 9.55. The molecule has 2 heterocycles. The molecule has 0 atom stereocenters. The Labute approximate surface area is 123 Å². The van der Waals surface area contributed by atoms with E-state index in [4.69, 9.17) is 0 Å². The van der Waals surface area contributed by atoms with Crippen molar-refractivity contribution in [2.75, 3.05) is 18.8 Å². The summed E-state index contributed by atoms with van der Waals surface area (Å²) >= 11 is 1.96. The fraction of sp³-hybridized carbons (Fsp3) is 0.438.